The third-order valence-electron chi connectivity index (χ3n) is 5.60. The fraction of sp³-hybridized carbons (Fsp3) is 0.227. The molecule has 4 rings (SSSR count). The number of rotatable bonds is 6. The summed E-state index contributed by atoms with van der Waals surface area (Å²) < 4.78 is 43.6. The summed E-state index contributed by atoms with van der Waals surface area (Å²) in [5.74, 6) is -1.91. The number of carbonyl (C=O) groups is 2. The number of hydrogen-bond acceptors (Lipinski definition) is 5. The lowest BCUT2D eigenvalue weighted by Crippen LogP contribution is -2.62. The van der Waals surface area contributed by atoms with Gasteiger partial charge in [0.05, 0.1) is 17.0 Å². The van der Waals surface area contributed by atoms with Crippen LogP contribution in [0.5, 0.6) is 0 Å². The van der Waals surface area contributed by atoms with Gasteiger partial charge in [0.15, 0.2) is 0 Å². The van der Waals surface area contributed by atoms with Crippen LogP contribution in [0.4, 0.5) is 10.1 Å². The number of imidazole rings is 1. The zero-order chi connectivity index (χ0) is 25.2. The summed E-state index contributed by atoms with van der Waals surface area (Å²) in [5, 5.41) is 5.07. The van der Waals surface area contributed by atoms with Gasteiger partial charge in [0, 0.05) is 31.7 Å². The molecule has 3 N–H and O–H groups in total. The van der Waals surface area contributed by atoms with E-state index < -0.39 is 39.9 Å². The lowest BCUT2D eigenvalue weighted by Gasteiger charge is -2.35. The molecule has 0 bridgehead atoms. The third-order valence-corrected chi connectivity index (χ3v) is 7.49. The molecule has 0 spiro atoms. The smallest absolute Gasteiger partial charge is 0.280 e. The quantitative estimate of drug-likeness (QED) is 0.457. The Morgan fingerprint density at radius 2 is 2.00 bits per heavy atom. The Kier molecular flexibility index (Phi) is 7.17. The number of nitrogens with zero attached hydrogens (tertiary/aromatic N) is 3. The molecule has 2 atom stereocenters. The van der Waals surface area contributed by atoms with Crippen LogP contribution in [-0.2, 0) is 26.3 Å². The van der Waals surface area contributed by atoms with E-state index in [-0.39, 0.29) is 23.7 Å². The van der Waals surface area contributed by atoms with Gasteiger partial charge in [-0.05, 0) is 36.2 Å². The third kappa shape index (κ3) is 5.51. The van der Waals surface area contributed by atoms with Crippen molar-refractivity contribution < 1.29 is 22.4 Å². The number of halogens is 2. The average Bonchev–Trinajstić information content (AvgIpc) is 3.36. The largest absolute Gasteiger partial charge is 0.351 e. The Hall–Kier alpha value is -3.32. The minimum atomic E-state index is -4.12. The zero-order valence-electron chi connectivity index (χ0n) is 18.5. The predicted octanol–water partition coefficient (Wildman–Crippen LogP) is 1.83. The summed E-state index contributed by atoms with van der Waals surface area (Å²) in [6, 6.07) is 8.61. The maximum Gasteiger partial charge on any atom is 0.280 e. The van der Waals surface area contributed by atoms with Crippen LogP contribution in [0.2, 0.25) is 5.02 Å². The number of likely N-dealkylation sites (N-methyl/N-ethyl adjacent to an activating group) is 1. The van der Waals surface area contributed by atoms with Crippen molar-refractivity contribution in [2.24, 2.45) is 0 Å². The van der Waals surface area contributed by atoms with Crippen molar-refractivity contribution in [3.05, 3.63) is 77.6 Å². The number of amides is 2. The van der Waals surface area contributed by atoms with Gasteiger partial charge in [-0.3, -0.25) is 9.59 Å². The highest BCUT2D eigenvalue weighted by Gasteiger charge is 2.42. The molecule has 0 radical (unpaired) electrons. The molecular weight excluding hydrogens is 499 g/mol. The molecular formula is C22H22ClFN6O4S. The standard InChI is InChI=1S/C22H22ClFN6O4S/c1-29-20(22(32)27-15-6-7-17(24)16(23)10-15)11-18(28-35(29,33)34)21(31)26-12-14-4-2-3-5-19(14)30-9-8-25-13-30/h2-10,13,18,20,28H,11-12H2,1H3,(H,26,31)(H,27,32). The normalized spacial score (nSPS) is 19.7. The first-order valence-electron chi connectivity index (χ1n) is 10.5. The molecule has 3 aromatic rings. The van der Waals surface area contributed by atoms with Crippen molar-refractivity contribution in [3.8, 4) is 5.69 Å². The lowest BCUT2D eigenvalue weighted by molar-refractivity contribution is -0.124. The first-order valence-corrected chi connectivity index (χ1v) is 12.3. The highest BCUT2D eigenvalue weighted by Crippen LogP contribution is 2.22. The van der Waals surface area contributed by atoms with E-state index in [0.717, 1.165) is 21.6 Å². The van der Waals surface area contributed by atoms with E-state index in [0.29, 0.717) is 0 Å². The highest BCUT2D eigenvalue weighted by molar-refractivity contribution is 7.87. The van der Waals surface area contributed by atoms with Crippen molar-refractivity contribution in [3.63, 3.8) is 0 Å². The molecule has 0 aliphatic carbocycles. The second kappa shape index (κ2) is 10.1. The zero-order valence-corrected chi connectivity index (χ0v) is 20.1. The molecule has 2 heterocycles. The second-order valence-electron chi connectivity index (χ2n) is 7.88. The molecule has 1 fully saturated rings. The van der Waals surface area contributed by atoms with Crippen LogP contribution < -0.4 is 15.4 Å². The number of carbonyl (C=O) groups excluding carboxylic acids is 2. The van der Waals surface area contributed by atoms with Gasteiger partial charge in [0.25, 0.3) is 10.2 Å². The fourth-order valence-corrected chi connectivity index (χ4v) is 5.13. The van der Waals surface area contributed by atoms with Gasteiger partial charge < -0.3 is 15.2 Å². The van der Waals surface area contributed by atoms with Gasteiger partial charge in [0.2, 0.25) is 11.8 Å². The molecule has 1 aliphatic heterocycles. The van der Waals surface area contributed by atoms with Crippen molar-refractivity contribution >= 4 is 39.3 Å². The maximum absolute atomic E-state index is 13.4. The van der Waals surface area contributed by atoms with E-state index in [9.17, 15) is 22.4 Å². The monoisotopic (exact) mass is 520 g/mol. The molecule has 1 aliphatic rings. The van der Waals surface area contributed by atoms with Gasteiger partial charge in [-0.25, -0.2) is 9.37 Å². The Bertz CT molecular complexity index is 1350. The summed E-state index contributed by atoms with van der Waals surface area (Å²) in [4.78, 5) is 29.8. The summed E-state index contributed by atoms with van der Waals surface area (Å²) in [5.41, 5.74) is 1.80. The molecule has 1 saturated heterocycles. The van der Waals surface area contributed by atoms with Crippen molar-refractivity contribution in [2.75, 3.05) is 12.4 Å². The summed E-state index contributed by atoms with van der Waals surface area (Å²) in [7, 11) is -2.88. The number of para-hydroxylation sites is 1. The van der Waals surface area contributed by atoms with E-state index in [1.54, 1.807) is 23.3 Å². The van der Waals surface area contributed by atoms with Crippen molar-refractivity contribution in [2.45, 2.75) is 25.0 Å². The first-order chi connectivity index (χ1) is 16.7. The molecule has 35 heavy (non-hydrogen) atoms. The molecule has 10 nitrogen and oxygen atoms in total. The molecule has 2 aromatic carbocycles. The highest BCUT2D eigenvalue weighted by atomic mass is 35.5. The van der Waals surface area contributed by atoms with Crippen LogP contribution in [0.1, 0.15) is 12.0 Å². The van der Waals surface area contributed by atoms with Crippen LogP contribution >= 0.6 is 11.6 Å². The van der Waals surface area contributed by atoms with E-state index in [2.05, 4.69) is 20.3 Å². The summed E-state index contributed by atoms with van der Waals surface area (Å²) in [6.45, 7) is 0.131. The number of nitrogens with one attached hydrogen (secondary N) is 3. The van der Waals surface area contributed by atoms with E-state index in [1.807, 2.05) is 24.3 Å². The van der Waals surface area contributed by atoms with E-state index in [1.165, 1.54) is 19.2 Å². The Labute approximate surface area is 206 Å². The van der Waals surface area contributed by atoms with E-state index in [4.69, 9.17) is 11.6 Å². The maximum atomic E-state index is 13.4. The minimum absolute atomic E-state index is 0.120. The molecule has 2 unspecified atom stereocenters. The van der Waals surface area contributed by atoms with Crippen LogP contribution in [0.15, 0.2) is 61.2 Å². The van der Waals surface area contributed by atoms with Gasteiger partial charge in [-0.2, -0.15) is 17.4 Å². The molecule has 0 saturated carbocycles. The van der Waals surface area contributed by atoms with Crippen molar-refractivity contribution in [1.29, 1.82) is 0 Å². The average molecular weight is 521 g/mol. The molecule has 2 amide bonds. The molecule has 184 valence electrons. The topological polar surface area (TPSA) is 125 Å². The van der Waals surface area contributed by atoms with Crippen LogP contribution in [0.25, 0.3) is 5.69 Å². The number of benzene rings is 2. The minimum Gasteiger partial charge on any atom is -0.351 e. The van der Waals surface area contributed by atoms with Gasteiger partial charge in [-0.15, -0.1) is 0 Å². The second-order valence-corrected chi connectivity index (χ2v) is 10.0. The summed E-state index contributed by atoms with van der Waals surface area (Å²) >= 11 is 5.75. The van der Waals surface area contributed by atoms with Gasteiger partial charge >= 0.3 is 0 Å². The Morgan fingerprint density at radius 1 is 1.23 bits per heavy atom. The fourth-order valence-electron chi connectivity index (χ4n) is 3.70. The Balaban J connectivity index is 1.47. The summed E-state index contributed by atoms with van der Waals surface area (Å²) in [6.07, 6.45) is 4.91. The van der Waals surface area contributed by atoms with E-state index >= 15 is 0 Å². The number of hydrogen-bond donors (Lipinski definition) is 3. The van der Waals surface area contributed by atoms with Crippen LogP contribution in [-0.4, -0.2) is 53.2 Å². The number of anilines is 1. The van der Waals surface area contributed by atoms with Crippen LogP contribution in [0.3, 0.4) is 0 Å². The SMILES string of the molecule is CN1C(C(=O)Nc2ccc(F)c(Cl)c2)CC(C(=O)NCc2ccccc2-n2ccnc2)NS1(=O)=O. The number of aromatic nitrogens is 2. The lowest BCUT2D eigenvalue weighted by atomic mass is 10.1. The van der Waals surface area contributed by atoms with Crippen LogP contribution in [0, 0.1) is 5.82 Å². The first kappa shape index (κ1) is 24.8. The van der Waals surface area contributed by atoms with Crippen molar-refractivity contribution in [1.82, 2.24) is 23.9 Å². The van der Waals surface area contributed by atoms with Gasteiger partial charge in [-0.1, -0.05) is 29.8 Å². The Morgan fingerprint density at radius 3 is 2.71 bits per heavy atom. The van der Waals surface area contributed by atoms with Gasteiger partial charge in [0.1, 0.15) is 17.9 Å². The molecule has 13 heteroatoms. The molecule has 1 aromatic heterocycles. The predicted molar refractivity (Wildman–Crippen MR) is 127 cm³/mol.